The van der Waals surface area contributed by atoms with Gasteiger partial charge in [-0.3, -0.25) is 0 Å². The average molecular weight is 182 g/mol. The van der Waals surface area contributed by atoms with Crippen LogP contribution in [0.25, 0.3) is 0 Å². The summed E-state index contributed by atoms with van der Waals surface area (Å²) in [7, 11) is 0. The molecule has 0 aromatic rings. The van der Waals surface area contributed by atoms with Gasteiger partial charge in [-0.05, 0) is 5.92 Å². The van der Waals surface area contributed by atoms with Crippen molar-refractivity contribution in [2.24, 2.45) is 5.92 Å². The van der Waals surface area contributed by atoms with Gasteiger partial charge in [0.2, 0.25) is 0 Å². The first-order chi connectivity index (χ1) is 6.43. The molecule has 0 atom stereocenters. The lowest BCUT2D eigenvalue weighted by Crippen LogP contribution is -1.98. The summed E-state index contributed by atoms with van der Waals surface area (Å²) in [6.07, 6.45) is 16.4. The summed E-state index contributed by atoms with van der Waals surface area (Å²) in [6.45, 7) is 2.37. The fourth-order valence-electron chi connectivity index (χ4n) is 2.48. The molecule has 0 amide bonds. The maximum Gasteiger partial charge on any atom is -0.0417 e. The molecule has 0 spiro atoms. The van der Waals surface area contributed by atoms with E-state index in [0.29, 0.717) is 0 Å². The summed E-state index contributed by atoms with van der Waals surface area (Å²) in [4.78, 5) is 0. The zero-order valence-electron chi connectivity index (χ0n) is 9.36. The predicted molar refractivity (Wildman–Crippen MR) is 60.0 cm³/mol. The highest BCUT2D eigenvalue weighted by Crippen LogP contribution is 2.22. The van der Waals surface area contributed by atoms with Crippen molar-refractivity contribution < 1.29 is 0 Å². The van der Waals surface area contributed by atoms with Crippen LogP contribution in [-0.2, 0) is 0 Å². The molecule has 0 aromatic heterocycles. The van der Waals surface area contributed by atoms with Crippen molar-refractivity contribution >= 4 is 0 Å². The molecule has 0 aliphatic heterocycles. The molecule has 13 heavy (non-hydrogen) atoms. The molecular formula is C13H26. The summed E-state index contributed by atoms with van der Waals surface area (Å²) in [5, 5.41) is 0. The van der Waals surface area contributed by atoms with Crippen LogP contribution in [0.15, 0.2) is 0 Å². The van der Waals surface area contributed by atoms with Crippen LogP contribution in [0.1, 0.15) is 77.6 Å². The first-order valence-electron chi connectivity index (χ1n) is 6.43. The summed E-state index contributed by atoms with van der Waals surface area (Å²) in [5.41, 5.74) is 0. The Balaban J connectivity index is 2.18. The van der Waals surface area contributed by atoms with Crippen LogP contribution < -0.4 is 0 Å². The first-order valence-corrected chi connectivity index (χ1v) is 6.43. The Morgan fingerprint density at radius 2 is 1.08 bits per heavy atom. The minimum absolute atomic E-state index is 1.05. The maximum absolute atomic E-state index is 2.37. The van der Waals surface area contributed by atoms with Gasteiger partial charge in [0.25, 0.3) is 0 Å². The van der Waals surface area contributed by atoms with Crippen LogP contribution in [0.5, 0.6) is 0 Å². The van der Waals surface area contributed by atoms with E-state index in [1.807, 2.05) is 0 Å². The first kappa shape index (κ1) is 11.1. The van der Waals surface area contributed by atoms with E-state index in [1.165, 1.54) is 70.6 Å². The number of rotatable bonds is 1. The molecule has 1 aliphatic rings. The highest BCUT2D eigenvalue weighted by molar-refractivity contribution is 4.60. The third-order valence-electron chi connectivity index (χ3n) is 3.55. The zero-order chi connectivity index (χ0) is 9.36. The normalized spacial score (nSPS) is 23.8. The Bertz CT molecular complexity index is 94.6. The van der Waals surface area contributed by atoms with Crippen molar-refractivity contribution in [3.63, 3.8) is 0 Å². The molecule has 78 valence electrons. The van der Waals surface area contributed by atoms with E-state index in [-0.39, 0.29) is 0 Å². The predicted octanol–water partition coefficient (Wildman–Crippen LogP) is 4.93. The molecule has 1 saturated carbocycles. The lowest BCUT2D eigenvalue weighted by atomic mass is 9.93. The molecule has 0 heteroatoms. The molecular weight excluding hydrogens is 156 g/mol. The van der Waals surface area contributed by atoms with E-state index in [9.17, 15) is 0 Å². The minimum Gasteiger partial charge on any atom is -0.0651 e. The molecule has 0 bridgehead atoms. The quantitative estimate of drug-likeness (QED) is 0.539. The van der Waals surface area contributed by atoms with Gasteiger partial charge in [0.1, 0.15) is 0 Å². The summed E-state index contributed by atoms with van der Waals surface area (Å²) >= 11 is 0. The molecule has 0 saturated heterocycles. The van der Waals surface area contributed by atoms with E-state index in [0.717, 1.165) is 5.92 Å². The van der Waals surface area contributed by atoms with Crippen LogP contribution in [0.3, 0.4) is 0 Å². The lowest BCUT2D eigenvalue weighted by molar-refractivity contribution is 0.403. The second kappa shape index (κ2) is 7.41. The maximum atomic E-state index is 2.37. The SMILES string of the molecule is CCC1CCCCCCCCCC1. The average Bonchev–Trinajstić information content (AvgIpc) is 2.22. The summed E-state index contributed by atoms with van der Waals surface area (Å²) in [6, 6.07) is 0. The van der Waals surface area contributed by atoms with Crippen LogP contribution in [0, 0.1) is 5.92 Å². The molecule has 1 rings (SSSR count). The van der Waals surface area contributed by atoms with Crippen molar-refractivity contribution in [2.75, 3.05) is 0 Å². The van der Waals surface area contributed by atoms with Crippen molar-refractivity contribution in [1.29, 1.82) is 0 Å². The van der Waals surface area contributed by atoms with Gasteiger partial charge in [-0.1, -0.05) is 77.6 Å². The van der Waals surface area contributed by atoms with E-state index >= 15 is 0 Å². The van der Waals surface area contributed by atoms with E-state index in [2.05, 4.69) is 6.92 Å². The Morgan fingerprint density at radius 1 is 0.692 bits per heavy atom. The molecule has 0 nitrogen and oxygen atoms in total. The van der Waals surface area contributed by atoms with Crippen LogP contribution >= 0.6 is 0 Å². The molecule has 0 unspecified atom stereocenters. The molecule has 0 aromatic carbocycles. The van der Waals surface area contributed by atoms with Gasteiger partial charge in [-0.25, -0.2) is 0 Å². The minimum atomic E-state index is 1.05. The Hall–Kier alpha value is 0. The van der Waals surface area contributed by atoms with Crippen LogP contribution in [0.4, 0.5) is 0 Å². The third kappa shape index (κ3) is 5.33. The van der Waals surface area contributed by atoms with Gasteiger partial charge < -0.3 is 0 Å². The fourth-order valence-corrected chi connectivity index (χ4v) is 2.48. The largest absolute Gasteiger partial charge is 0.0651 e. The standard InChI is InChI=1S/C13H26/c1-2-13-11-9-7-5-3-4-6-8-10-12-13/h13H,2-12H2,1H3. The van der Waals surface area contributed by atoms with E-state index in [1.54, 1.807) is 0 Å². The molecule has 0 radical (unpaired) electrons. The second-order valence-corrected chi connectivity index (χ2v) is 4.68. The van der Waals surface area contributed by atoms with Crippen molar-refractivity contribution in [3.8, 4) is 0 Å². The van der Waals surface area contributed by atoms with Gasteiger partial charge in [-0.2, -0.15) is 0 Å². The Kier molecular flexibility index (Phi) is 6.31. The van der Waals surface area contributed by atoms with Gasteiger partial charge in [-0.15, -0.1) is 0 Å². The van der Waals surface area contributed by atoms with Crippen molar-refractivity contribution in [3.05, 3.63) is 0 Å². The molecule has 0 heterocycles. The van der Waals surface area contributed by atoms with Crippen LogP contribution in [0.2, 0.25) is 0 Å². The van der Waals surface area contributed by atoms with Crippen molar-refractivity contribution in [2.45, 2.75) is 77.6 Å². The van der Waals surface area contributed by atoms with E-state index in [4.69, 9.17) is 0 Å². The van der Waals surface area contributed by atoms with Gasteiger partial charge in [0.05, 0.1) is 0 Å². The Labute approximate surface area is 84.1 Å². The molecule has 1 fully saturated rings. The third-order valence-corrected chi connectivity index (χ3v) is 3.55. The topological polar surface area (TPSA) is 0 Å². The highest BCUT2D eigenvalue weighted by Gasteiger charge is 2.06. The second-order valence-electron chi connectivity index (χ2n) is 4.68. The fraction of sp³-hybridized carbons (Fsp3) is 1.00. The number of hydrogen-bond donors (Lipinski definition) is 0. The lowest BCUT2D eigenvalue weighted by Gasteiger charge is -2.13. The summed E-state index contributed by atoms with van der Waals surface area (Å²) < 4.78 is 0. The van der Waals surface area contributed by atoms with Crippen LogP contribution in [-0.4, -0.2) is 0 Å². The molecule has 0 N–H and O–H groups in total. The molecule has 1 aliphatic carbocycles. The van der Waals surface area contributed by atoms with E-state index < -0.39 is 0 Å². The highest BCUT2D eigenvalue weighted by atomic mass is 14.1. The number of hydrogen-bond acceptors (Lipinski definition) is 0. The van der Waals surface area contributed by atoms with Gasteiger partial charge in [0, 0.05) is 0 Å². The zero-order valence-corrected chi connectivity index (χ0v) is 9.36. The van der Waals surface area contributed by atoms with Crippen molar-refractivity contribution in [1.82, 2.24) is 0 Å². The monoisotopic (exact) mass is 182 g/mol. The Morgan fingerprint density at radius 3 is 1.46 bits per heavy atom. The smallest absolute Gasteiger partial charge is 0.0417 e. The summed E-state index contributed by atoms with van der Waals surface area (Å²) in [5.74, 6) is 1.05. The van der Waals surface area contributed by atoms with Gasteiger partial charge >= 0.3 is 0 Å². The van der Waals surface area contributed by atoms with Gasteiger partial charge in [0.15, 0.2) is 0 Å².